The van der Waals surface area contributed by atoms with E-state index in [1.165, 1.54) is 11.1 Å². The van der Waals surface area contributed by atoms with Crippen molar-refractivity contribution in [3.63, 3.8) is 0 Å². The van der Waals surface area contributed by atoms with E-state index in [1.54, 1.807) is 0 Å². The van der Waals surface area contributed by atoms with Crippen molar-refractivity contribution in [1.29, 1.82) is 0 Å². The van der Waals surface area contributed by atoms with Gasteiger partial charge in [-0.1, -0.05) is 52.0 Å². The molecule has 0 amide bonds. The van der Waals surface area contributed by atoms with Crippen LogP contribution in [0.25, 0.3) is 0 Å². The second kappa shape index (κ2) is 10.2. The van der Waals surface area contributed by atoms with Crippen LogP contribution in [0.5, 0.6) is 0 Å². The first kappa shape index (κ1) is 18.5. The number of hydrogen-bond donors (Lipinski definition) is 2. The molecule has 0 bridgehead atoms. The Hall–Kier alpha value is -1.55. The second-order valence-electron chi connectivity index (χ2n) is 6.09. The first-order valence-corrected chi connectivity index (χ1v) is 8.39. The molecule has 0 aliphatic heterocycles. The van der Waals surface area contributed by atoms with E-state index in [9.17, 15) is 0 Å². The molecule has 0 unspecified atom stereocenters. The highest BCUT2D eigenvalue weighted by Gasteiger charge is 2.01. The largest absolute Gasteiger partial charge is 0.370 e. The van der Waals surface area contributed by atoms with Gasteiger partial charge in [0.1, 0.15) is 0 Å². The van der Waals surface area contributed by atoms with E-state index < -0.39 is 0 Å². The molecular weight excluding hydrogens is 272 g/mol. The Morgan fingerprint density at radius 3 is 2.27 bits per heavy atom. The molecule has 4 heteroatoms. The molecule has 1 rings (SSSR count). The van der Waals surface area contributed by atoms with Gasteiger partial charge in [0.25, 0.3) is 0 Å². The van der Waals surface area contributed by atoms with Gasteiger partial charge in [-0.15, -0.1) is 0 Å². The van der Waals surface area contributed by atoms with Crippen molar-refractivity contribution in [1.82, 2.24) is 10.2 Å². The zero-order valence-electron chi connectivity index (χ0n) is 14.6. The van der Waals surface area contributed by atoms with Crippen LogP contribution >= 0.6 is 0 Å². The molecule has 3 N–H and O–H groups in total. The predicted octanol–water partition coefficient (Wildman–Crippen LogP) is 2.98. The summed E-state index contributed by atoms with van der Waals surface area (Å²) in [5.74, 6) is 1.21. The van der Waals surface area contributed by atoms with Gasteiger partial charge in [0.15, 0.2) is 5.96 Å². The van der Waals surface area contributed by atoms with Gasteiger partial charge < -0.3 is 11.1 Å². The van der Waals surface area contributed by atoms with Crippen LogP contribution < -0.4 is 11.1 Å². The van der Waals surface area contributed by atoms with Crippen LogP contribution in [0.3, 0.4) is 0 Å². The number of benzene rings is 1. The minimum atomic E-state index is 0.535. The maximum atomic E-state index is 5.87. The van der Waals surface area contributed by atoms with E-state index in [0.717, 1.165) is 32.6 Å². The van der Waals surface area contributed by atoms with Crippen molar-refractivity contribution < 1.29 is 0 Å². The van der Waals surface area contributed by atoms with Gasteiger partial charge in [-0.25, -0.2) is 4.99 Å². The summed E-state index contributed by atoms with van der Waals surface area (Å²) >= 11 is 0. The Morgan fingerprint density at radius 2 is 1.73 bits per heavy atom. The lowest BCUT2D eigenvalue weighted by Gasteiger charge is -2.17. The van der Waals surface area contributed by atoms with E-state index in [4.69, 9.17) is 5.73 Å². The lowest BCUT2D eigenvalue weighted by molar-refractivity contribution is 0.296. The fraction of sp³-hybridized carbons (Fsp3) is 0.611. The van der Waals surface area contributed by atoms with E-state index in [0.29, 0.717) is 18.4 Å². The van der Waals surface area contributed by atoms with E-state index >= 15 is 0 Å². The molecule has 1 aromatic carbocycles. The molecule has 124 valence electrons. The summed E-state index contributed by atoms with van der Waals surface area (Å²) in [6, 6.07) is 8.66. The SMILES string of the molecule is CCN(CC)Cc1ccc(CN=C(N)NCCC(C)C)cc1. The normalized spacial score (nSPS) is 12.2. The average molecular weight is 304 g/mol. The predicted molar refractivity (Wildman–Crippen MR) is 95.9 cm³/mol. The van der Waals surface area contributed by atoms with Crippen LogP contribution in [-0.2, 0) is 13.1 Å². The van der Waals surface area contributed by atoms with Gasteiger partial charge in [-0.3, -0.25) is 4.90 Å². The van der Waals surface area contributed by atoms with Crippen molar-refractivity contribution >= 4 is 5.96 Å². The summed E-state index contributed by atoms with van der Waals surface area (Å²) in [4.78, 5) is 6.79. The number of nitrogens with zero attached hydrogens (tertiary/aromatic N) is 2. The van der Waals surface area contributed by atoms with E-state index in [2.05, 4.69) is 67.2 Å². The number of rotatable bonds is 9. The van der Waals surface area contributed by atoms with Gasteiger partial charge in [-0.05, 0) is 36.6 Å². The van der Waals surface area contributed by atoms with Crippen molar-refractivity contribution in [3.05, 3.63) is 35.4 Å². The summed E-state index contributed by atoms with van der Waals surface area (Å²) < 4.78 is 0. The Bertz CT molecular complexity index is 433. The van der Waals surface area contributed by atoms with Crippen LogP contribution in [0.4, 0.5) is 0 Å². The Kier molecular flexibility index (Phi) is 8.60. The third kappa shape index (κ3) is 7.46. The molecule has 0 heterocycles. The van der Waals surface area contributed by atoms with Gasteiger partial charge >= 0.3 is 0 Å². The minimum absolute atomic E-state index is 0.535. The van der Waals surface area contributed by atoms with Crippen LogP contribution in [-0.4, -0.2) is 30.5 Å². The molecule has 0 saturated carbocycles. The number of guanidine groups is 1. The molecule has 0 radical (unpaired) electrons. The lowest BCUT2D eigenvalue weighted by Crippen LogP contribution is -2.32. The first-order chi connectivity index (χ1) is 10.5. The standard InChI is InChI=1S/C18H32N4/c1-5-22(6-2)14-17-9-7-16(8-10-17)13-21-18(19)20-12-11-15(3)4/h7-10,15H,5-6,11-14H2,1-4H3,(H3,19,20,21). The molecule has 0 atom stereocenters. The Labute approximate surface area is 135 Å². The van der Waals surface area contributed by atoms with Crippen LogP contribution in [0, 0.1) is 5.92 Å². The minimum Gasteiger partial charge on any atom is -0.370 e. The smallest absolute Gasteiger partial charge is 0.188 e. The Balaban J connectivity index is 2.43. The van der Waals surface area contributed by atoms with Crippen LogP contribution in [0.2, 0.25) is 0 Å². The molecule has 4 nitrogen and oxygen atoms in total. The lowest BCUT2D eigenvalue weighted by atomic mass is 10.1. The molecule has 0 aromatic heterocycles. The highest BCUT2D eigenvalue weighted by Crippen LogP contribution is 2.08. The molecule has 0 aliphatic carbocycles. The zero-order valence-corrected chi connectivity index (χ0v) is 14.6. The van der Waals surface area contributed by atoms with E-state index in [-0.39, 0.29) is 0 Å². The molecule has 0 spiro atoms. The number of nitrogens with two attached hydrogens (primary N) is 1. The summed E-state index contributed by atoms with van der Waals surface area (Å²) in [6.07, 6.45) is 1.11. The quantitative estimate of drug-likeness (QED) is 0.545. The van der Waals surface area contributed by atoms with Crippen molar-refractivity contribution in [2.75, 3.05) is 19.6 Å². The van der Waals surface area contributed by atoms with Crippen LogP contribution in [0.15, 0.2) is 29.3 Å². The molecular formula is C18H32N4. The Morgan fingerprint density at radius 1 is 1.14 bits per heavy atom. The number of hydrogen-bond acceptors (Lipinski definition) is 2. The summed E-state index contributed by atoms with van der Waals surface area (Å²) in [5.41, 5.74) is 8.41. The molecule has 1 aromatic rings. The van der Waals surface area contributed by atoms with Gasteiger partial charge in [0.2, 0.25) is 0 Å². The third-order valence-electron chi connectivity index (χ3n) is 3.78. The highest BCUT2D eigenvalue weighted by molar-refractivity contribution is 5.77. The van der Waals surface area contributed by atoms with Crippen LogP contribution in [0.1, 0.15) is 45.2 Å². The molecule has 0 saturated heterocycles. The number of nitrogens with one attached hydrogen (secondary N) is 1. The van der Waals surface area contributed by atoms with Gasteiger partial charge in [-0.2, -0.15) is 0 Å². The van der Waals surface area contributed by atoms with Gasteiger partial charge in [0, 0.05) is 13.1 Å². The first-order valence-electron chi connectivity index (χ1n) is 8.39. The molecule has 0 fully saturated rings. The third-order valence-corrected chi connectivity index (χ3v) is 3.78. The fourth-order valence-electron chi connectivity index (χ4n) is 2.18. The average Bonchev–Trinajstić information content (AvgIpc) is 2.51. The molecule has 22 heavy (non-hydrogen) atoms. The van der Waals surface area contributed by atoms with Crippen molar-refractivity contribution in [2.45, 2.75) is 47.2 Å². The zero-order chi connectivity index (χ0) is 16.4. The molecule has 0 aliphatic rings. The van der Waals surface area contributed by atoms with Crippen molar-refractivity contribution in [2.24, 2.45) is 16.6 Å². The number of aliphatic imine (C=N–C) groups is 1. The van der Waals surface area contributed by atoms with Crippen molar-refractivity contribution in [3.8, 4) is 0 Å². The fourth-order valence-corrected chi connectivity index (χ4v) is 2.18. The maximum absolute atomic E-state index is 5.87. The summed E-state index contributed by atoms with van der Waals surface area (Å²) in [7, 11) is 0. The van der Waals surface area contributed by atoms with E-state index in [1.807, 2.05) is 0 Å². The second-order valence-corrected chi connectivity index (χ2v) is 6.09. The highest BCUT2D eigenvalue weighted by atomic mass is 15.1. The summed E-state index contributed by atoms with van der Waals surface area (Å²) in [6.45, 7) is 13.5. The topological polar surface area (TPSA) is 53.6 Å². The van der Waals surface area contributed by atoms with Gasteiger partial charge in [0.05, 0.1) is 6.54 Å². The maximum Gasteiger partial charge on any atom is 0.188 e. The monoisotopic (exact) mass is 304 g/mol. The summed E-state index contributed by atoms with van der Waals surface area (Å²) in [5, 5.41) is 3.16.